The first kappa shape index (κ1) is 10.7. The smallest absolute Gasteiger partial charge is 0.0439 e. The first-order chi connectivity index (χ1) is 6.20. The maximum atomic E-state index is 4.41. The van der Waals surface area contributed by atoms with Gasteiger partial charge < -0.3 is 0 Å². The van der Waals surface area contributed by atoms with Crippen LogP contribution in [0.3, 0.4) is 0 Å². The van der Waals surface area contributed by atoms with Crippen LogP contribution in [-0.4, -0.2) is 12.3 Å². The molecule has 0 heterocycles. The summed E-state index contributed by atoms with van der Waals surface area (Å²) in [6, 6.07) is 0.468. The van der Waals surface area contributed by atoms with Crippen molar-refractivity contribution in [3.05, 3.63) is 0 Å². The number of aliphatic imine (C=N–C) groups is 1. The zero-order valence-electron chi connectivity index (χ0n) is 9.29. The van der Waals surface area contributed by atoms with Crippen LogP contribution in [0.1, 0.15) is 52.9 Å². The van der Waals surface area contributed by atoms with Crippen molar-refractivity contribution in [1.29, 1.82) is 0 Å². The Balaban J connectivity index is 2.20. The predicted molar refractivity (Wildman–Crippen MR) is 59.4 cm³/mol. The molecule has 0 spiro atoms. The molecule has 0 bridgehead atoms. The maximum Gasteiger partial charge on any atom is 0.0439 e. The largest absolute Gasteiger partial charge is 0.295 e. The number of nitrogens with zero attached hydrogens (tertiary/aromatic N) is 1. The van der Waals surface area contributed by atoms with Gasteiger partial charge in [-0.05, 0) is 38.3 Å². The summed E-state index contributed by atoms with van der Waals surface area (Å²) < 4.78 is 0. The van der Waals surface area contributed by atoms with Gasteiger partial charge in [0.2, 0.25) is 0 Å². The van der Waals surface area contributed by atoms with Gasteiger partial charge in [0.1, 0.15) is 0 Å². The van der Waals surface area contributed by atoms with E-state index in [1.54, 1.807) is 0 Å². The van der Waals surface area contributed by atoms with E-state index in [1.165, 1.54) is 32.1 Å². The molecule has 1 heteroatoms. The average Bonchev–Trinajstić information content (AvgIpc) is 2.55. The van der Waals surface area contributed by atoms with Crippen LogP contribution < -0.4 is 0 Å². The molecule has 1 rings (SSSR count). The minimum atomic E-state index is 0.468. The van der Waals surface area contributed by atoms with Crippen molar-refractivity contribution < 1.29 is 0 Å². The lowest BCUT2D eigenvalue weighted by Crippen LogP contribution is -2.08. The Morgan fingerprint density at radius 1 is 1.23 bits per heavy atom. The number of rotatable bonds is 4. The first-order valence-corrected chi connectivity index (χ1v) is 5.71. The molecule has 0 saturated heterocycles. The standard InChI is InChI=1S/C12H23N/c1-10(2)13-9-8-11(3)12-6-4-5-7-12/h9-12H,4-8H2,1-3H3. The molecular weight excluding hydrogens is 158 g/mol. The van der Waals surface area contributed by atoms with Gasteiger partial charge in [-0.15, -0.1) is 0 Å². The highest BCUT2D eigenvalue weighted by molar-refractivity contribution is 5.57. The third-order valence-corrected chi connectivity index (χ3v) is 3.09. The van der Waals surface area contributed by atoms with Crippen LogP contribution in [-0.2, 0) is 0 Å². The van der Waals surface area contributed by atoms with Crippen LogP contribution in [0.5, 0.6) is 0 Å². The minimum Gasteiger partial charge on any atom is -0.295 e. The Kier molecular flexibility index (Phi) is 4.47. The Labute approximate surface area is 82.6 Å². The summed E-state index contributed by atoms with van der Waals surface area (Å²) in [6.07, 6.45) is 9.14. The molecule has 0 aromatic carbocycles. The Morgan fingerprint density at radius 3 is 2.38 bits per heavy atom. The molecule has 1 unspecified atom stereocenters. The van der Waals surface area contributed by atoms with Crippen LogP contribution in [0.25, 0.3) is 0 Å². The van der Waals surface area contributed by atoms with E-state index in [2.05, 4.69) is 32.0 Å². The Bertz CT molecular complexity index is 155. The van der Waals surface area contributed by atoms with Crippen molar-refractivity contribution in [2.75, 3.05) is 0 Å². The van der Waals surface area contributed by atoms with Crippen LogP contribution in [0.2, 0.25) is 0 Å². The fraction of sp³-hybridized carbons (Fsp3) is 0.917. The highest BCUT2D eigenvalue weighted by Gasteiger charge is 2.20. The summed E-state index contributed by atoms with van der Waals surface area (Å²) in [6.45, 7) is 6.65. The van der Waals surface area contributed by atoms with Crippen LogP contribution >= 0.6 is 0 Å². The SMILES string of the molecule is CC(C)N=CCC(C)C1CCCC1. The zero-order chi connectivity index (χ0) is 9.68. The molecule has 1 atom stereocenters. The summed E-state index contributed by atoms with van der Waals surface area (Å²) in [4.78, 5) is 4.41. The fourth-order valence-corrected chi connectivity index (χ4v) is 2.16. The van der Waals surface area contributed by atoms with Crippen molar-refractivity contribution in [1.82, 2.24) is 0 Å². The van der Waals surface area contributed by atoms with Gasteiger partial charge in [-0.2, -0.15) is 0 Å². The molecule has 0 aliphatic heterocycles. The highest BCUT2D eigenvalue weighted by Crippen LogP contribution is 2.32. The van der Waals surface area contributed by atoms with Gasteiger partial charge in [0.15, 0.2) is 0 Å². The van der Waals surface area contributed by atoms with Crippen LogP contribution in [0, 0.1) is 11.8 Å². The summed E-state index contributed by atoms with van der Waals surface area (Å²) >= 11 is 0. The van der Waals surface area contributed by atoms with Crippen molar-refractivity contribution >= 4 is 6.21 Å². The fourth-order valence-electron chi connectivity index (χ4n) is 2.16. The molecule has 0 N–H and O–H groups in total. The minimum absolute atomic E-state index is 0.468. The molecule has 1 nitrogen and oxygen atoms in total. The van der Waals surface area contributed by atoms with E-state index in [-0.39, 0.29) is 0 Å². The second kappa shape index (κ2) is 5.41. The molecule has 0 radical (unpaired) electrons. The molecule has 0 aromatic rings. The summed E-state index contributed by atoms with van der Waals surface area (Å²) in [5.41, 5.74) is 0. The van der Waals surface area contributed by atoms with E-state index < -0.39 is 0 Å². The third-order valence-electron chi connectivity index (χ3n) is 3.09. The lowest BCUT2D eigenvalue weighted by atomic mass is 9.90. The van der Waals surface area contributed by atoms with E-state index in [9.17, 15) is 0 Å². The van der Waals surface area contributed by atoms with Crippen molar-refractivity contribution in [2.24, 2.45) is 16.8 Å². The molecule has 1 aliphatic carbocycles. The van der Waals surface area contributed by atoms with Gasteiger partial charge in [-0.3, -0.25) is 4.99 Å². The van der Waals surface area contributed by atoms with Gasteiger partial charge in [0, 0.05) is 6.04 Å². The lowest BCUT2D eigenvalue weighted by Gasteiger charge is -2.16. The van der Waals surface area contributed by atoms with Gasteiger partial charge >= 0.3 is 0 Å². The quantitative estimate of drug-likeness (QED) is 0.587. The summed E-state index contributed by atoms with van der Waals surface area (Å²) in [5.74, 6) is 1.84. The van der Waals surface area contributed by atoms with E-state index in [1.807, 2.05) is 0 Å². The predicted octanol–water partition coefficient (Wildman–Crippen LogP) is 3.68. The Morgan fingerprint density at radius 2 is 1.85 bits per heavy atom. The molecule has 0 aromatic heterocycles. The topological polar surface area (TPSA) is 12.4 Å². The van der Waals surface area contributed by atoms with Crippen molar-refractivity contribution in [3.8, 4) is 0 Å². The highest BCUT2D eigenvalue weighted by atomic mass is 14.7. The van der Waals surface area contributed by atoms with Gasteiger partial charge in [0.05, 0.1) is 0 Å². The molecule has 13 heavy (non-hydrogen) atoms. The molecule has 76 valence electrons. The summed E-state index contributed by atoms with van der Waals surface area (Å²) in [7, 11) is 0. The zero-order valence-corrected chi connectivity index (χ0v) is 9.29. The second-order valence-corrected chi connectivity index (χ2v) is 4.68. The second-order valence-electron chi connectivity index (χ2n) is 4.68. The first-order valence-electron chi connectivity index (χ1n) is 5.71. The van der Waals surface area contributed by atoms with Crippen LogP contribution in [0.15, 0.2) is 4.99 Å². The monoisotopic (exact) mass is 181 g/mol. The molecule has 1 aliphatic rings. The van der Waals surface area contributed by atoms with Crippen molar-refractivity contribution in [3.63, 3.8) is 0 Å². The molecular formula is C12H23N. The third kappa shape index (κ3) is 3.93. The van der Waals surface area contributed by atoms with E-state index in [4.69, 9.17) is 0 Å². The summed E-state index contributed by atoms with van der Waals surface area (Å²) in [5, 5.41) is 0. The lowest BCUT2D eigenvalue weighted by molar-refractivity contribution is 0.379. The molecule has 0 amide bonds. The van der Waals surface area contributed by atoms with E-state index >= 15 is 0 Å². The normalized spacial score (nSPS) is 21.8. The number of hydrogen-bond donors (Lipinski definition) is 0. The number of hydrogen-bond acceptors (Lipinski definition) is 1. The average molecular weight is 181 g/mol. The molecule has 1 fully saturated rings. The van der Waals surface area contributed by atoms with Gasteiger partial charge in [0.25, 0.3) is 0 Å². The van der Waals surface area contributed by atoms with E-state index in [0.29, 0.717) is 6.04 Å². The van der Waals surface area contributed by atoms with Crippen LogP contribution in [0.4, 0.5) is 0 Å². The van der Waals surface area contributed by atoms with Gasteiger partial charge in [-0.25, -0.2) is 0 Å². The van der Waals surface area contributed by atoms with E-state index in [0.717, 1.165) is 11.8 Å². The maximum absolute atomic E-state index is 4.41. The van der Waals surface area contributed by atoms with Crippen molar-refractivity contribution in [2.45, 2.75) is 58.9 Å². The Hall–Kier alpha value is -0.330. The van der Waals surface area contributed by atoms with Gasteiger partial charge in [-0.1, -0.05) is 32.6 Å². The molecule has 1 saturated carbocycles.